The zero-order valence-corrected chi connectivity index (χ0v) is 17.1. The summed E-state index contributed by atoms with van der Waals surface area (Å²) in [7, 11) is 0. The Morgan fingerprint density at radius 3 is 1.52 bits per heavy atom. The average molecular weight is 371 g/mol. The zero-order valence-electron chi connectivity index (χ0n) is 15.0. The molecule has 1 aliphatic heterocycles. The monoisotopic (exact) mass is 372 g/mol. The Hall–Kier alpha value is -1.30. The van der Waals surface area contributed by atoms with Gasteiger partial charge in [0.15, 0.2) is 0 Å². The summed E-state index contributed by atoms with van der Waals surface area (Å²) in [6.07, 6.45) is 0. The van der Waals surface area contributed by atoms with E-state index in [1.807, 2.05) is 12.1 Å². The third kappa shape index (κ3) is 3.79. The molecule has 0 fully saturated rings. The van der Waals surface area contributed by atoms with Crippen LogP contribution in [0, 0.1) is 10.8 Å². The van der Waals surface area contributed by atoms with Gasteiger partial charge in [0, 0.05) is 0 Å². The van der Waals surface area contributed by atoms with Gasteiger partial charge in [0.2, 0.25) is 0 Å². The van der Waals surface area contributed by atoms with E-state index < -0.39 is 15.9 Å². The van der Waals surface area contributed by atoms with Crippen molar-refractivity contribution in [3.8, 4) is 0 Å². The second-order valence-corrected chi connectivity index (χ2v) is 11.4. The van der Waals surface area contributed by atoms with Gasteiger partial charge in [-0.05, 0) is 0 Å². The van der Waals surface area contributed by atoms with Crippen molar-refractivity contribution in [2.75, 3.05) is 20.8 Å². The van der Waals surface area contributed by atoms with Crippen LogP contribution in [0.15, 0.2) is 24.3 Å². The minimum atomic E-state index is -0.430. The van der Waals surface area contributed by atoms with Gasteiger partial charge >= 0.3 is 146 Å². The van der Waals surface area contributed by atoms with E-state index in [-0.39, 0.29) is 10.8 Å². The van der Waals surface area contributed by atoms with Gasteiger partial charge in [-0.2, -0.15) is 0 Å². The molecule has 4 nitrogen and oxygen atoms in total. The van der Waals surface area contributed by atoms with Gasteiger partial charge in [-0.25, -0.2) is 0 Å². The van der Waals surface area contributed by atoms with Crippen molar-refractivity contribution in [3.05, 3.63) is 24.3 Å². The molecule has 23 heavy (non-hydrogen) atoms. The van der Waals surface area contributed by atoms with Gasteiger partial charge in [0.25, 0.3) is 0 Å². The first-order valence-corrected chi connectivity index (χ1v) is 10.1. The molecule has 0 aliphatic carbocycles. The molecule has 0 unspecified atom stereocenters. The van der Waals surface area contributed by atoms with Crippen molar-refractivity contribution in [1.82, 2.24) is 9.97 Å². The second kappa shape index (κ2) is 5.65. The van der Waals surface area contributed by atoms with Crippen molar-refractivity contribution in [3.63, 3.8) is 0 Å². The van der Waals surface area contributed by atoms with E-state index in [0.29, 0.717) is 0 Å². The van der Waals surface area contributed by atoms with E-state index in [2.05, 4.69) is 61.4 Å². The van der Waals surface area contributed by atoms with Gasteiger partial charge in [0.1, 0.15) is 0 Å². The second-order valence-electron chi connectivity index (χ2n) is 8.75. The van der Waals surface area contributed by atoms with Crippen molar-refractivity contribution in [2.45, 2.75) is 41.5 Å². The topological polar surface area (TPSA) is 32.3 Å². The molecule has 3 rings (SSSR count). The summed E-state index contributed by atoms with van der Waals surface area (Å²) in [5.74, 6) is 2.17. The van der Waals surface area contributed by atoms with E-state index in [1.165, 1.54) is 0 Å². The quantitative estimate of drug-likeness (QED) is 0.751. The fourth-order valence-electron chi connectivity index (χ4n) is 2.75. The normalized spacial score (nSPS) is 15.4. The maximum absolute atomic E-state index is 4.95. The first-order valence-electron chi connectivity index (χ1n) is 8.21. The van der Waals surface area contributed by atoms with Crippen molar-refractivity contribution in [1.29, 1.82) is 0 Å². The molecule has 5 heteroatoms. The standard InChI is InChI=1S/C18H26GeN4/c1-17(2,3)11-22-15-16(23(19-22)12-18(4,5)6)21-14-10-8-7-9-13(14)20-15/h7-10H,11-12H2,1-6H3. The molecule has 0 spiro atoms. The summed E-state index contributed by atoms with van der Waals surface area (Å²) in [5, 5.41) is 0. The molecule has 1 aliphatic rings. The Bertz CT molecular complexity index is 655. The summed E-state index contributed by atoms with van der Waals surface area (Å²) < 4.78 is 5.00. The van der Waals surface area contributed by atoms with Crippen LogP contribution < -0.4 is 7.71 Å². The minimum absolute atomic E-state index is 0.256. The molecular weight excluding hydrogens is 345 g/mol. The van der Waals surface area contributed by atoms with Crippen LogP contribution in [0.4, 0.5) is 11.6 Å². The van der Waals surface area contributed by atoms with Gasteiger partial charge in [-0.15, -0.1) is 0 Å². The Balaban J connectivity index is 2.05. The number of aromatic nitrogens is 2. The van der Waals surface area contributed by atoms with Crippen LogP contribution in [0.5, 0.6) is 0 Å². The predicted octanol–water partition coefficient (Wildman–Crippen LogP) is 3.88. The third-order valence-electron chi connectivity index (χ3n) is 3.55. The number of fused-ring (bicyclic) bond motifs is 2. The molecule has 0 atom stereocenters. The molecule has 0 saturated carbocycles. The molecule has 2 heterocycles. The van der Waals surface area contributed by atoms with Crippen LogP contribution in [-0.4, -0.2) is 38.9 Å². The maximum atomic E-state index is 4.95. The van der Waals surface area contributed by atoms with Crippen LogP contribution in [0.1, 0.15) is 41.5 Å². The summed E-state index contributed by atoms with van der Waals surface area (Å²) in [6, 6.07) is 8.19. The fraction of sp³-hybridized carbons (Fsp3) is 0.556. The van der Waals surface area contributed by atoms with Crippen molar-refractivity contribution >= 4 is 38.5 Å². The molecule has 0 amide bonds. The Labute approximate surface area is 146 Å². The molecule has 1 aromatic carbocycles. The summed E-state index contributed by atoms with van der Waals surface area (Å²) >= 11 is -0.430. The molecule has 1 aromatic heterocycles. The molecule has 0 saturated heterocycles. The summed E-state index contributed by atoms with van der Waals surface area (Å²) in [4.78, 5) is 9.91. The number of para-hydroxylation sites is 2. The van der Waals surface area contributed by atoms with E-state index >= 15 is 0 Å². The van der Waals surface area contributed by atoms with E-state index in [1.54, 1.807) is 0 Å². The zero-order chi connectivity index (χ0) is 16.8. The number of nitrogens with zero attached hydrogens (tertiary/aromatic N) is 4. The van der Waals surface area contributed by atoms with Crippen molar-refractivity contribution < 1.29 is 0 Å². The van der Waals surface area contributed by atoms with E-state index in [9.17, 15) is 0 Å². The molecule has 0 bridgehead atoms. The van der Waals surface area contributed by atoms with Crippen LogP contribution in [0.3, 0.4) is 0 Å². The van der Waals surface area contributed by atoms with Crippen LogP contribution >= 0.6 is 0 Å². The first kappa shape index (κ1) is 16.6. The number of benzene rings is 1. The molecule has 2 radical (unpaired) electrons. The van der Waals surface area contributed by atoms with E-state index in [4.69, 9.17) is 9.97 Å². The summed E-state index contributed by atoms with van der Waals surface area (Å²) in [5.41, 5.74) is 2.50. The number of hydrogen-bond acceptors (Lipinski definition) is 4. The van der Waals surface area contributed by atoms with Crippen molar-refractivity contribution in [2.24, 2.45) is 10.8 Å². The first-order chi connectivity index (χ1) is 10.6. The predicted molar refractivity (Wildman–Crippen MR) is 98.9 cm³/mol. The average Bonchev–Trinajstić information content (AvgIpc) is 2.70. The molecule has 122 valence electrons. The number of anilines is 2. The van der Waals surface area contributed by atoms with Gasteiger partial charge in [-0.3, -0.25) is 0 Å². The SMILES string of the molecule is CC(C)(C)C[N]1[Ge][N](CC(C)(C)C)c2nc3ccccc3nc21. The van der Waals surface area contributed by atoms with E-state index in [0.717, 1.165) is 35.8 Å². The van der Waals surface area contributed by atoms with Gasteiger partial charge < -0.3 is 0 Å². The van der Waals surface area contributed by atoms with Gasteiger partial charge in [-0.1, -0.05) is 0 Å². The number of rotatable bonds is 2. The summed E-state index contributed by atoms with van der Waals surface area (Å²) in [6.45, 7) is 15.8. The van der Waals surface area contributed by atoms with Crippen LogP contribution in [0.2, 0.25) is 0 Å². The van der Waals surface area contributed by atoms with Crippen LogP contribution in [-0.2, 0) is 0 Å². The number of hydrogen-bond donors (Lipinski definition) is 0. The Kier molecular flexibility index (Phi) is 4.07. The fourth-order valence-corrected chi connectivity index (χ4v) is 6.68. The van der Waals surface area contributed by atoms with Crippen LogP contribution in [0.25, 0.3) is 11.0 Å². The molecule has 0 N–H and O–H groups in total. The molecular formula is C18H26GeN4. The molecule has 2 aromatic rings. The Morgan fingerprint density at radius 1 is 0.783 bits per heavy atom. The third-order valence-corrected chi connectivity index (χ3v) is 6.12. The van der Waals surface area contributed by atoms with Gasteiger partial charge in [0.05, 0.1) is 0 Å². The Morgan fingerprint density at radius 2 is 1.17 bits per heavy atom.